The van der Waals surface area contributed by atoms with Crippen LogP contribution in [-0.4, -0.2) is 17.8 Å². The summed E-state index contributed by atoms with van der Waals surface area (Å²) >= 11 is 0. The van der Waals surface area contributed by atoms with Crippen LogP contribution in [0.4, 0.5) is 22.7 Å². The van der Waals surface area contributed by atoms with E-state index in [4.69, 9.17) is 0 Å². The Bertz CT molecular complexity index is 1960. The molecule has 2 nitrogen and oxygen atoms in total. The van der Waals surface area contributed by atoms with E-state index in [1.54, 1.807) is 50.0 Å². The number of fused-ring (bicyclic) bond motifs is 14. The van der Waals surface area contributed by atoms with E-state index in [-0.39, 0.29) is 39.5 Å². The zero-order valence-electron chi connectivity index (χ0n) is 34.8. The first-order valence-corrected chi connectivity index (χ1v) is 22.2. The molecule has 0 amide bonds. The molecule has 0 radical (unpaired) electrons. The van der Waals surface area contributed by atoms with Gasteiger partial charge < -0.3 is 9.80 Å². The van der Waals surface area contributed by atoms with Crippen LogP contribution in [0.25, 0.3) is 0 Å². The van der Waals surface area contributed by atoms with Gasteiger partial charge in [-0.25, -0.2) is 0 Å². The van der Waals surface area contributed by atoms with Gasteiger partial charge in [0, 0.05) is 33.6 Å². The van der Waals surface area contributed by atoms with Crippen molar-refractivity contribution in [1.29, 1.82) is 0 Å². The van der Waals surface area contributed by atoms with E-state index in [2.05, 4.69) is 122 Å². The Hall–Kier alpha value is -2.68. The monoisotopic (exact) mass is 705 g/mol. The molecular weight excluding hydrogens is 639 g/mol. The number of rotatable bonds is 0. The molecule has 4 saturated carbocycles. The number of hydrogen-bond donors (Lipinski definition) is 0. The van der Waals surface area contributed by atoms with Crippen LogP contribution in [0.1, 0.15) is 169 Å². The Kier molecular flexibility index (Phi) is 6.47. The summed E-state index contributed by atoms with van der Waals surface area (Å²) in [5, 5.41) is 0. The molecule has 3 aromatic carbocycles. The molecule has 4 aliphatic heterocycles. The van der Waals surface area contributed by atoms with Crippen molar-refractivity contribution in [2.45, 2.75) is 179 Å². The fourth-order valence-corrected chi connectivity index (χ4v) is 15.4. The SMILES string of the molecule is CC(C)(C)c1cc2c3c(c1)C1(C)C4CCCCC4CCC1(C)N3c1cccc3c1B2c1cc(C(C)(C)C)cc2c1N3C1(C)CCC3CCCCC3C21C. The summed E-state index contributed by atoms with van der Waals surface area (Å²) < 4.78 is 0. The standard InChI is InChI=1S/C50H65BN2/c1-45(2,3)32-26-36-43-38(28-32)51-39-29-33(46(4,5)6)27-37-44(39)53(48(8)25-23-31-17-12-14-19-35(31)50(37,48)10)41-21-15-20-40(42(41)51)52(43)47(7)24-22-30-16-11-13-18-34(30)49(36,47)9/h15,20-21,26-31,34-35H,11-14,16-19,22-25H2,1-10H3. The number of nitrogens with zero attached hydrogens (tertiary/aromatic N) is 2. The topological polar surface area (TPSA) is 6.48 Å². The van der Waals surface area contributed by atoms with E-state index in [1.165, 1.54) is 88.4 Å². The molecule has 0 N–H and O–H groups in total. The third kappa shape index (κ3) is 3.76. The second-order valence-corrected chi connectivity index (χ2v) is 22.6. The second-order valence-electron chi connectivity index (χ2n) is 22.6. The molecule has 4 heterocycles. The number of anilines is 4. The molecule has 0 aromatic heterocycles. The zero-order valence-corrected chi connectivity index (χ0v) is 34.8. The fraction of sp³-hybridized carbons (Fsp3) is 0.640. The molecule has 3 heteroatoms. The van der Waals surface area contributed by atoms with Gasteiger partial charge in [-0.3, -0.25) is 0 Å². The van der Waals surface area contributed by atoms with Crippen molar-refractivity contribution in [2.75, 3.05) is 9.80 Å². The van der Waals surface area contributed by atoms with E-state index in [9.17, 15) is 0 Å². The highest BCUT2D eigenvalue weighted by molar-refractivity contribution is 7.00. The zero-order chi connectivity index (χ0) is 36.8. The first-order chi connectivity index (χ1) is 25.0. The van der Waals surface area contributed by atoms with E-state index >= 15 is 0 Å². The maximum absolute atomic E-state index is 3.00. The average molecular weight is 705 g/mol. The van der Waals surface area contributed by atoms with E-state index in [1.807, 2.05) is 0 Å². The van der Waals surface area contributed by atoms with Crippen molar-refractivity contribution < 1.29 is 0 Å². The first kappa shape index (κ1) is 33.6. The predicted octanol–water partition coefficient (Wildman–Crippen LogP) is 11.0. The highest BCUT2D eigenvalue weighted by atomic mass is 15.3. The van der Waals surface area contributed by atoms with Crippen molar-refractivity contribution in [3.8, 4) is 0 Å². The Labute approximate surface area is 322 Å². The second kappa shape index (κ2) is 10.2. The molecule has 11 rings (SSSR count). The third-order valence-corrected chi connectivity index (χ3v) is 18.6. The molecule has 8 unspecified atom stereocenters. The maximum Gasteiger partial charge on any atom is 0.252 e. The van der Waals surface area contributed by atoms with Gasteiger partial charge in [0.05, 0.1) is 11.1 Å². The number of benzene rings is 3. The van der Waals surface area contributed by atoms with Gasteiger partial charge in [0.1, 0.15) is 0 Å². The minimum absolute atomic E-state index is 0.0570. The van der Waals surface area contributed by atoms with Gasteiger partial charge in [0.2, 0.25) is 0 Å². The number of hydrogen-bond acceptors (Lipinski definition) is 2. The van der Waals surface area contributed by atoms with Gasteiger partial charge >= 0.3 is 0 Å². The molecular formula is C50H65BN2. The summed E-state index contributed by atoms with van der Waals surface area (Å²) in [6, 6.07) is 18.5. The molecule has 0 bridgehead atoms. The Morgan fingerprint density at radius 1 is 0.566 bits per heavy atom. The molecule has 8 aliphatic rings. The lowest BCUT2D eigenvalue weighted by atomic mass is 9.33. The fourth-order valence-electron chi connectivity index (χ4n) is 15.4. The van der Waals surface area contributed by atoms with E-state index in [0.717, 1.165) is 23.7 Å². The van der Waals surface area contributed by atoms with Crippen molar-refractivity contribution >= 4 is 45.9 Å². The predicted molar refractivity (Wildman–Crippen MR) is 227 cm³/mol. The summed E-state index contributed by atoms with van der Waals surface area (Å²) in [4.78, 5) is 6.00. The lowest BCUT2D eigenvalue weighted by molar-refractivity contribution is 0.0318. The molecule has 278 valence electrons. The highest BCUT2D eigenvalue weighted by Gasteiger charge is 2.69. The van der Waals surface area contributed by atoms with Gasteiger partial charge in [-0.15, -0.1) is 0 Å². The minimum Gasteiger partial charge on any atom is -0.335 e. The molecule has 3 aromatic rings. The van der Waals surface area contributed by atoms with Crippen LogP contribution >= 0.6 is 0 Å². The Morgan fingerprint density at radius 3 is 1.40 bits per heavy atom. The van der Waals surface area contributed by atoms with Crippen LogP contribution in [0.2, 0.25) is 0 Å². The van der Waals surface area contributed by atoms with Crippen LogP contribution in [-0.2, 0) is 21.7 Å². The van der Waals surface area contributed by atoms with Crippen molar-refractivity contribution in [1.82, 2.24) is 0 Å². The van der Waals surface area contributed by atoms with Gasteiger partial charge in [-0.1, -0.05) is 124 Å². The largest absolute Gasteiger partial charge is 0.335 e. The molecule has 8 atom stereocenters. The van der Waals surface area contributed by atoms with Crippen LogP contribution < -0.4 is 26.2 Å². The molecule has 53 heavy (non-hydrogen) atoms. The molecule has 0 spiro atoms. The summed E-state index contributed by atoms with van der Waals surface area (Å²) in [5.74, 6) is 3.23. The van der Waals surface area contributed by atoms with E-state index in [0.29, 0.717) is 0 Å². The van der Waals surface area contributed by atoms with Crippen LogP contribution in [0.15, 0.2) is 42.5 Å². The molecule has 0 saturated heterocycles. The van der Waals surface area contributed by atoms with Crippen LogP contribution in [0, 0.1) is 23.7 Å². The van der Waals surface area contributed by atoms with Gasteiger partial charge in [0.15, 0.2) is 0 Å². The average Bonchev–Trinajstić information content (AvgIpc) is 3.47. The summed E-state index contributed by atoms with van der Waals surface area (Å²) in [6.45, 7) is 26.0. The van der Waals surface area contributed by atoms with Crippen LogP contribution in [0.3, 0.4) is 0 Å². The first-order valence-electron chi connectivity index (χ1n) is 22.2. The van der Waals surface area contributed by atoms with Gasteiger partial charge in [-0.2, -0.15) is 0 Å². The Balaban J connectivity index is 1.26. The van der Waals surface area contributed by atoms with Crippen molar-refractivity contribution in [3.63, 3.8) is 0 Å². The summed E-state index contributed by atoms with van der Waals surface area (Å²) in [6.07, 6.45) is 16.6. The van der Waals surface area contributed by atoms with Gasteiger partial charge in [0.25, 0.3) is 6.71 Å². The lowest BCUT2D eigenvalue weighted by Gasteiger charge is -2.60. The molecule has 4 aliphatic carbocycles. The Morgan fingerprint density at radius 2 is 0.981 bits per heavy atom. The van der Waals surface area contributed by atoms with Crippen molar-refractivity contribution in [3.05, 3.63) is 64.7 Å². The summed E-state index contributed by atoms with van der Waals surface area (Å²) in [7, 11) is 0. The smallest absolute Gasteiger partial charge is 0.252 e. The van der Waals surface area contributed by atoms with Crippen LogP contribution in [0.5, 0.6) is 0 Å². The maximum atomic E-state index is 3.00. The van der Waals surface area contributed by atoms with E-state index < -0.39 is 0 Å². The highest BCUT2D eigenvalue weighted by Crippen LogP contribution is 2.69. The third-order valence-electron chi connectivity index (χ3n) is 18.6. The minimum atomic E-state index is 0.0570. The normalized spacial score (nSPS) is 37.3. The lowest BCUT2D eigenvalue weighted by Crippen LogP contribution is -2.68. The quantitative estimate of drug-likeness (QED) is 0.215. The summed E-state index contributed by atoms with van der Waals surface area (Å²) in [5.41, 5.74) is 18.1. The van der Waals surface area contributed by atoms with Gasteiger partial charge in [-0.05, 0) is 138 Å². The molecule has 4 fully saturated rings. The van der Waals surface area contributed by atoms with Crippen molar-refractivity contribution in [2.24, 2.45) is 23.7 Å².